The first-order chi connectivity index (χ1) is 9.02. The lowest BCUT2D eigenvalue weighted by Gasteiger charge is -2.23. The van der Waals surface area contributed by atoms with Crippen LogP contribution >= 0.6 is 0 Å². The van der Waals surface area contributed by atoms with Crippen molar-refractivity contribution >= 4 is 11.9 Å². The summed E-state index contributed by atoms with van der Waals surface area (Å²) in [6.07, 6.45) is 7.60. The number of unbranched alkanes of at least 4 members (excludes halogenated alkanes) is 1. The molecule has 0 heterocycles. The van der Waals surface area contributed by atoms with Gasteiger partial charge in [0.25, 0.3) is 0 Å². The van der Waals surface area contributed by atoms with Crippen LogP contribution in [-0.2, 0) is 14.3 Å². The molecular formula is C15H24O4. The molecule has 0 aromatic heterocycles. The van der Waals surface area contributed by atoms with Crippen molar-refractivity contribution in [1.29, 1.82) is 0 Å². The molecule has 19 heavy (non-hydrogen) atoms. The second-order valence-electron chi connectivity index (χ2n) is 5.55. The van der Waals surface area contributed by atoms with E-state index in [9.17, 15) is 9.59 Å². The maximum absolute atomic E-state index is 11.9. The Bertz CT molecular complexity index is 333. The molecule has 2 unspecified atom stereocenters. The molecule has 0 aliphatic heterocycles. The van der Waals surface area contributed by atoms with E-state index in [1.54, 1.807) is 0 Å². The molecule has 0 saturated heterocycles. The quantitative estimate of drug-likeness (QED) is 0.438. The van der Waals surface area contributed by atoms with Gasteiger partial charge in [-0.25, -0.2) is 0 Å². The summed E-state index contributed by atoms with van der Waals surface area (Å²) in [5, 5.41) is 9.09. The lowest BCUT2D eigenvalue weighted by atomic mass is 9.83. The molecule has 1 rings (SSSR count). The minimum atomic E-state index is -0.911. The molecule has 4 nitrogen and oxygen atoms in total. The molecule has 0 aromatic carbocycles. The predicted molar refractivity (Wildman–Crippen MR) is 72.6 cm³/mol. The maximum Gasteiger partial charge on any atom is 0.310 e. The number of carbonyl (C=O) groups excluding carboxylic acids is 1. The van der Waals surface area contributed by atoms with Gasteiger partial charge in [0.2, 0.25) is 0 Å². The highest BCUT2D eigenvalue weighted by atomic mass is 16.5. The average Bonchev–Trinajstić information content (AvgIpc) is 2.37. The molecule has 0 aromatic rings. The van der Waals surface area contributed by atoms with Crippen LogP contribution in [0.3, 0.4) is 0 Å². The molecule has 0 fully saturated rings. The molecule has 0 amide bonds. The summed E-state index contributed by atoms with van der Waals surface area (Å²) < 4.78 is 5.21. The van der Waals surface area contributed by atoms with E-state index in [2.05, 4.69) is 13.8 Å². The fourth-order valence-corrected chi connectivity index (χ4v) is 2.28. The fraction of sp³-hybridized carbons (Fsp3) is 0.733. The number of aliphatic carboxylic acids is 1. The van der Waals surface area contributed by atoms with Crippen molar-refractivity contribution < 1.29 is 19.4 Å². The third-order valence-corrected chi connectivity index (χ3v) is 3.47. The maximum atomic E-state index is 11.9. The third-order valence-electron chi connectivity index (χ3n) is 3.47. The van der Waals surface area contributed by atoms with Crippen LogP contribution in [0.2, 0.25) is 0 Å². The number of hydrogen-bond acceptors (Lipinski definition) is 3. The number of carboxylic acids is 1. The Morgan fingerprint density at radius 3 is 2.42 bits per heavy atom. The molecule has 2 atom stereocenters. The van der Waals surface area contributed by atoms with Crippen molar-refractivity contribution in [3.05, 3.63) is 12.2 Å². The molecular weight excluding hydrogens is 244 g/mol. The largest absolute Gasteiger partial charge is 0.481 e. The van der Waals surface area contributed by atoms with E-state index in [0.717, 1.165) is 19.3 Å². The Balaban J connectivity index is 2.31. The van der Waals surface area contributed by atoms with E-state index in [-0.39, 0.29) is 5.97 Å². The summed E-state index contributed by atoms with van der Waals surface area (Å²) >= 11 is 0. The van der Waals surface area contributed by atoms with Crippen molar-refractivity contribution in [3.63, 3.8) is 0 Å². The van der Waals surface area contributed by atoms with Gasteiger partial charge in [0, 0.05) is 0 Å². The molecule has 1 N–H and O–H groups in total. The molecule has 0 bridgehead atoms. The number of carbonyl (C=O) groups is 2. The first-order valence-electron chi connectivity index (χ1n) is 7.06. The van der Waals surface area contributed by atoms with Crippen molar-refractivity contribution in [2.45, 2.75) is 46.0 Å². The van der Waals surface area contributed by atoms with Gasteiger partial charge in [-0.3, -0.25) is 9.59 Å². The van der Waals surface area contributed by atoms with E-state index in [0.29, 0.717) is 25.4 Å². The van der Waals surface area contributed by atoms with E-state index in [4.69, 9.17) is 9.84 Å². The molecule has 0 saturated carbocycles. The Hall–Kier alpha value is -1.32. The summed E-state index contributed by atoms with van der Waals surface area (Å²) in [6.45, 7) is 4.73. The minimum Gasteiger partial charge on any atom is -0.481 e. The average molecular weight is 268 g/mol. The van der Waals surface area contributed by atoms with Gasteiger partial charge in [-0.1, -0.05) is 32.4 Å². The van der Waals surface area contributed by atoms with Gasteiger partial charge >= 0.3 is 11.9 Å². The Kier molecular flexibility index (Phi) is 6.60. The number of rotatable bonds is 7. The van der Waals surface area contributed by atoms with Crippen LogP contribution in [0.1, 0.15) is 46.0 Å². The topological polar surface area (TPSA) is 63.6 Å². The van der Waals surface area contributed by atoms with Crippen LogP contribution in [0, 0.1) is 17.8 Å². The van der Waals surface area contributed by atoms with Crippen molar-refractivity contribution in [2.24, 2.45) is 17.8 Å². The zero-order chi connectivity index (χ0) is 14.3. The second-order valence-corrected chi connectivity index (χ2v) is 5.55. The zero-order valence-electron chi connectivity index (χ0n) is 11.8. The number of esters is 1. The van der Waals surface area contributed by atoms with Gasteiger partial charge in [-0.05, 0) is 31.6 Å². The second kappa shape index (κ2) is 7.97. The van der Waals surface area contributed by atoms with E-state index in [1.165, 1.54) is 0 Å². The van der Waals surface area contributed by atoms with E-state index in [1.807, 2.05) is 12.2 Å². The van der Waals surface area contributed by atoms with Crippen LogP contribution in [0.15, 0.2) is 12.2 Å². The Morgan fingerprint density at radius 2 is 1.84 bits per heavy atom. The normalized spacial score (nSPS) is 22.5. The highest BCUT2D eigenvalue weighted by molar-refractivity contribution is 5.81. The van der Waals surface area contributed by atoms with Gasteiger partial charge in [0.1, 0.15) is 0 Å². The van der Waals surface area contributed by atoms with Crippen LogP contribution < -0.4 is 0 Å². The number of hydrogen-bond donors (Lipinski definition) is 1. The molecule has 108 valence electrons. The van der Waals surface area contributed by atoms with Crippen molar-refractivity contribution in [3.8, 4) is 0 Å². The molecule has 1 aliphatic rings. The molecule has 1 aliphatic carbocycles. The van der Waals surface area contributed by atoms with Gasteiger partial charge in [-0.2, -0.15) is 0 Å². The standard InChI is InChI=1S/C15H24O4/c1-11(2)7-5-6-10-19-15(18)13-9-4-3-8-12(13)14(16)17/h3-4,11-13H,5-10H2,1-2H3,(H,16,17). The fourth-order valence-electron chi connectivity index (χ4n) is 2.28. The third kappa shape index (κ3) is 5.45. The van der Waals surface area contributed by atoms with Crippen LogP contribution in [0.5, 0.6) is 0 Å². The summed E-state index contributed by atoms with van der Waals surface area (Å²) in [5.74, 6) is -1.76. The highest BCUT2D eigenvalue weighted by Crippen LogP contribution is 2.27. The van der Waals surface area contributed by atoms with Gasteiger partial charge in [0.05, 0.1) is 18.4 Å². The number of allylic oxidation sites excluding steroid dienone is 2. The van der Waals surface area contributed by atoms with E-state index < -0.39 is 17.8 Å². The van der Waals surface area contributed by atoms with Crippen LogP contribution in [0.25, 0.3) is 0 Å². The summed E-state index contributed by atoms with van der Waals surface area (Å²) in [6, 6.07) is 0. The first-order valence-corrected chi connectivity index (χ1v) is 7.06. The summed E-state index contributed by atoms with van der Waals surface area (Å²) in [4.78, 5) is 23.0. The highest BCUT2D eigenvalue weighted by Gasteiger charge is 2.34. The number of ether oxygens (including phenoxy) is 1. The van der Waals surface area contributed by atoms with Crippen molar-refractivity contribution in [2.75, 3.05) is 6.61 Å². The van der Waals surface area contributed by atoms with Gasteiger partial charge < -0.3 is 9.84 Å². The van der Waals surface area contributed by atoms with Crippen molar-refractivity contribution in [1.82, 2.24) is 0 Å². The van der Waals surface area contributed by atoms with Gasteiger partial charge in [-0.15, -0.1) is 0 Å². The van der Waals surface area contributed by atoms with Gasteiger partial charge in [0.15, 0.2) is 0 Å². The first kappa shape index (κ1) is 15.7. The lowest BCUT2D eigenvalue weighted by molar-refractivity contribution is -0.158. The van der Waals surface area contributed by atoms with E-state index >= 15 is 0 Å². The smallest absolute Gasteiger partial charge is 0.310 e. The van der Waals surface area contributed by atoms with Crippen LogP contribution in [0.4, 0.5) is 0 Å². The summed E-state index contributed by atoms with van der Waals surface area (Å²) in [7, 11) is 0. The zero-order valence-corrected chi connectivity index (χ0v) is 11.8. The van der Waals surface area contributed by atoms with Crippen LogP contribution in [-0.4, -0.2) is 23.7 Å². The number of carboxylic acid groups (broad SMARTS) is 1. The Morgan fingerprint density at radius 1 is 1.21 bits per heavy atom. The minimum absolute atomic E-state index is 0.360. The summed E-state index contributed by atoms with van der Waals surface area (Å²) in [5.41, 5.74) is 0. The molecule has 0 spiro atoms. The monoisotopic (exact) mass is 268 g/mol. The SMILES string of the molecule is CC(C)CCCCOC(=O)C1CC=CCC1C(=O)O. The Labute approximate surface area is 114 Å². The molecule has 0 radical (unpaired) electrons. The lowest BCUT2D eigenvalue weighted by Crippen LogP contribution is -2.32. The predicted octanol–water partition coefficient (Wildman–Crippen LogP) is 3.02. The molecule has 4 heteroatoms.